The van der Waals surface area contributed by atoms with Crippen LogP contribution in [0.5, 0.6) is 0 Å². The molecule has 10 heteroatoms. The van der Waals surface area contributed by atoms with Crippen molar-refractivity contribution in [2.24, 2.45) is 11.7 Å². The van der Waals surface area contributed by atoms with Crippen molar-refractivity contribution in [3.8, 4) is 0 Å². The minimum absolute atomic E-state index is 0.408. The van der Waals surface area contributed by atoms with Crippen LogP contribution < -0.4 is 16.4 Å². The molecule has 3 atom stereocenters. The van der Waals surface area contributed by atoms with Crippen LogP contribution in [0.25, 0.3) is 0 Å². The van der Waals surface area contributed by atoms with Crippen molar-refractivity contribution >= 4 is 23.8 Å². The number of carboxylic acids is 2. The number of carboxylic acid groups (broad SMARTS) is 2. The molecule has 0 aromatic rings. The molecule has 0 radical (unpaired) electrons. The normalized spacial score (nSPS) is 14.8. The van der Waals surface area contributed by atoms with Crippen molar-refractivity contribution in [1.29, 1.82) is 0 Å². The van der Waals surface area contributed by atoms with E-state index in [1.54, 1.807) is 13.8 Å². The lowest BCUT2D eigenvalue weighted by Crippen LogP contribution is -2.57. The number of amides is 2. The van der Waals surface area contributed by atoms with Crippen LogP contribution in [-0.4, -0.2) is 63.8 Å². The van der Waals surface area contributed by atoms with Crippen LogP contribution >= 0.6 is 0 Å². The van der Waals surface area contributed by atoms with E-state index in [9.17, 15) is 19.2 Å². The first-order valence-electron chi connectivity index (χ1n) is 6.51. The van der Waals surface area contributed by atoms with Gasteiger partial charge in [-0.25, -0.2) is 4.79 Å². The molecule has 2 amide bonds. The fourth-order valence-electron chi connectivity index (χ4n) is 1.52. The highest BCUT2D eigenvalue weighted by atomic mass is 16.4. The smallest absolute Gasteiger partial charge is 0.328 e. The number of rotatable bonds is 9. The fraction of sp³-hybridized carbons (Fsp3) is 0.667. The third kappa shape index (κ3) is 6.50. The van der Waals surface area contributed by atoms with Gasteiger partial charge >= 0.3 is 11.9 Å². The summed E-state index contributed by atoms with van der Waals surface area (Å²) in [4.78, 5) is 45.0. The molecule has 0 heterocycles. The molecule has 0 aliphatic carbocycles. The lowest BCUT2D eigenvalue weighted by Gasteiger charge is -2.24. The summed E-state index contributed by atoms with van der Waals surface area (Å²) in [5, 5.41) is 30.5. The maximum Gasteiger partial charge on any atom is 0.328 e. The van der Waals surface area contributed by atoms with E-state index in [-0.39, 0.29) is 0 Å². The maximum absolute atomic E-state index is 12.0. The zero-order chi connectivity index (χ0) is 17.4. The summed E-state index contributed by atoms with van der Waals surface area (Å²) >= 11 is 0. The fourth-order valence-corrected chi connectivity index (χ4v) is 1.52. The van der Waals surface area contributed by atoms with Gasteiger partial charge < -0.3 is 31.7 Å². The largest absolute Gasteiger partial charge is 0.481 e. The van der Waals surface area contributed by atoms with Gasteiger partial charge in [-0.15, -0.1) is 0 Å². The number of aliphatic hydroxyl groups excluding tert-OH is 1. The van der Waals surface area contributed by atoms with Gasteiger partial charge in [-0.05, 0) is 5.92 Å². The topological polar surface area (TPSA) is 179 Å². The second kappa shape index (κ2) is 8.95. The monoisotopic (exact) mass is 319 g/mol. The van der Waals surface area contributed by atoms with Gasteiger partial charge in [-0.1, -0.05) is 13.8 Å². The Hall–Kier alpha value is -2.20. The molecular formula is C12H21N3O7. The summed E-state index contributed by atoms with van der Waals surface area (Å²) < 4.78 is 0. The number of nitrogens with two attached hydrogens (primary N) is 1. The van der Waals surface area contributed by atoms with Crippen LogP contribution in [0.4, 0.5) is 0 Å². The van der Waals surface area contributed by atoms with Crippen LogP contribution in [0.1, 0.15) is 20.3 Å². The Morgan fingerprint density at radius 1 is 1.05 bits per heavy atom. The van der Waals surface area contributed by atoms with Crippen LogP contribution in [0.3, 0.4) is 0 Å². The first-order valence-corrected chi connectivity index (χ1v) is 6.51. The van der Waals surface area contributed by atoms with Gasteiger partial charge in [0.05, 0.1) is 19.1 Å². The van der Waals surface area contributed by atoms with Gasteiger partial charge in [-0.3, -0.25) is 14.4 Å². The first kappa shape index (κ1) is 19.8. The number of hydrogen-bond donors (Lipinski definition) is 6. The van der Waals surface area contributed by atoms with Crippen LogP contribution in [-0.2, 0) is 19.2 Å². The van der Waals surface area contributed by atoms with E-state index in [2.05, 4.69) is 10.6 Å². The molecule has 0 rings (SSSR count). The Bertz CT molecular complexity index is 438. The molecule has 0 aromatic carbocycles. The summed E-state index contributed by atoms with van der Waals surface area (Å²) in [7, 11) is 0. The number of hydrogen-bond acceptors (Lipinski definition) is 6. The highest BCUT2D eigenvalue weighted by Crippen LogP contribution is 2.04. The Balaban J connectivity index is 4.85. The van der Waals surface area contributed by atoms with E-state index < -0.39 is 60.8 Å². The molecule has 0 aliphatic rings. The highest BCUT2D eigenvalue weighted by Gasteiger charge is 2.30. The Kier molecular flexibility index (Phi) is 8.05. The van der Waals surface area contributed by atoms with Gasteiger partial charge in [0, 0.05) is 0 Å². The predicted molar refractivity (Wildman–Crippen MR) is 73.6 cm³/mol. The summed E-state index contributed by atoms with van der Waals surface area (Å²) in [5.74, 6) is -4.75. The van der Waals surface area contributed by atoms with Crippen molar-refractivity contribution in [2.75, 3.05) is 6.61 Å². The Labute approximate surface area is 126 Å². The van der Waals surface area contributed by atoms with E-state index in [1.807, 2.05) is 0 Å². The zero-order valence-electron chi connectivity index (χ0n) is 12.3. The molecule has 0 fully saturated rings. The quantitative estimate of drug-likeness (QED) is 0.269. The summed E-state index contributed by atoms with van der Waals surface area (Å²) in [6, 6.07) is -3.95. The van der Waals surface area contributed by atoms with E-state index in [0.717, 1.165) is 0 Å². The third-order valence-electron chi connectivity index (χ3n) is 2.78. The van der Waals surface area contributed by atoms with Gasteiger partial charge in [0.2, 0.25) is 11.8 Å². The number of nitrogens with one attached hydrogen (secondary N) is 2. The van der Waals surface area contributed by atoms with Crippen LogP contribution in [0, 0.1) is 5.92 Å². The van der Waals surface area contributed by atoms with Gasteiger partial charge in [0.15, 0.2) is 0 Å². The van der Waals surface area contributed by atoms with Gasteiger partial charge in [0.1, 0.15) is 12.1 Å². The third-order valence-corrected chi connectivity index (χ3v) is 2.78. The van der Waals surface area contributed by atoms with Crippen molar-refractivity contribution in [3.63, 3.8) is 0 Å². The van der Waals surface area contributed by atoms with Gasteiger partial charge in [-0.2, -0.15) is 0 Å². The average molecular weight is 319 g/mol. The van der Waals surface area contributed by atoms with Crippen molar-refractivity contribution in [1.82, 2.24) is 10.6 Å². The Morgan fingerprint density at radius 2 is 1.59 bits per heavy atom. The Morgan fingerprint density at radius 3 is 1.95 bits per heavy atom. The molecule has 0 aliphatic heterocycles. The molecule has 126 valence electrons. The van der Waals surface area contributed by atoms with E-state index in [0.29, 0.717) is 0 Å². The number of aliphatic hydroxyl groups is 1. The minimum atomic E-state index is -1.50. The molecule has 22 heavy (non-hydrogen) atoms. The van der Waals surface area contributed by atoms with E-state index >= 15 is 0 Å². The number of carbonyl (C=O) groups excluding carboxylic acids is 2. The van der Waals surface area contributed by atoms with E-state index in [1.165, 1.54) is 0 Å². The molecule has 0 spiro atoms. The van der Waals surface area contributed by atoms with Crippen molar-refractivity contribution < 1.29 is 34.5 Å². The molecular weight excluding hydrogens is 298 g/mol. The molecule has 0 saturated heterocycles. The highest BCUT2D eigenvalue weighted by molar-refractivity contribution is 5.93. The number of aliphatic carboxylic acids is 2. The van der Waals surface area contributed by atoms with Gasteiger partial charge in [0.25, 0.3) is 0 Å². The lowest BCUT2D eigenvalue weighted by atomic mass is 10.0. The molecule has 10 nitrogen and oxygen atoms in total. The molecule has 7 N–H and O–H groups in total. The second-order valence-corrected chi connectivity index (χ2v) is 5.02. The van der Waals surface area contributed by atoms with Crippen LogP contribution in [0.15, 0.2) is 0 Å². The standard InChI is InChI=1S/C12H21N3O7/c1-5(2)9(11(20)14-7(4-16)12(21)22)15-10(19)6(13)3-8(17)18/h5-7,9,16H,3-4,13H2,1-2H3,(H,14,20)(H,15,19)(H,17,18)(H,21,22)/t6-,7-,9-/m0/s1. The van der Waals surface area contributed by atoms with Crippen molar-refractivity contribution in [2.45, 2.75) is 38.4 Å². The lowest BCUT2D eigenvalue weighted by molar-refractivity contribution is -0.144. The zero-order valence-corrected chi connectivity index (χ0v) is 12.3. The summed E-state index contributed by atoms with van der Waals surface area (Å²) in [5.41, 5.74) is 5.38. The summed E-state index contributed by atoms with van der Waals surface area (Å²) in [6.07, 6.45) is -0.605. The first-order chi connectivity index (χ1) is 10.1. The molecule has 0 bridgehead atoms. The molecule has 0 unspecified atom stereocenters. The average Bonchev–Trinajstić information content (AvgIpc) is 2.39. The predicted octanol–water partition coefficient (Wildman–Crippen LogP) is -2.51. The van der Waals surface area contributed by atoms with Crippen molar-refractivity contribution in [3.05, 3.63) is 0 Å². The van der Waals surface area contributed by atoms with Crippen LogP contribution in [0.2, 0.25) is 0 Å². The second-order valence-electron chi connectivity index (χ2n) is 5.02. The minimum Gasteiger partial charge on any atom is -0.481 e. The molecule has 0 aromatic heterocycles. The summed E-state index contributed by atoms with van der Waals surface area (Å²) in [6.45, 7) is 2.39. The number of carbonyl (C=O) groups is 4. The van der Waals surface area contributed by atoms with E-state index in [4.69, 9.17) is 21.1 Å². The SMILES string of the molecule is CC(C)[C@H](NC(=O)[C@@H](N)CC(=O)O)C(=O)N[C@@H](CO)C(=O)O. The maximum atomic E-state index is 12.0. The molecule has 0 saturated carbocycles.